The van der Waals surface area contributed by atoms with E-state index >= 15 is 0 Å². The van der Waals surface area contributed by atoms with Gasteiger partial charge in [0.15, 0.2) is 0 Å². The first kappa shape index (κ1) is 13.5. The Morgan fingerprint density at radius 2 is 2.11 bits per heavy atom. The summed E-state index contributed by atoms with van der Waals surface area (Å²) in [4.78, 5) is 1.45. The van der Waals surface area contributed by atoms with Crippen molar-refractivity contribution in [1.29, 1.82) is 0 Å². The third-order valence-corrected chi connectivity index (χ3v) is 4.99. The van der Waals surface area contributed by atoms with Crippen molar-refractivity contribution in [3.05, 3.63) is 29.8 Å². The van der Waals surface area contributed by atoms with E-state index in [0.29, 0.717) is 6.04 Å². The molecule has 19 heavy (non-hydrogen) atoms. The Bertz CT molecular complexity index is 405. The Morgan fingerprint density at radius 3 is 3.00 bits per heavy atom. The molecule has 3 rings (SSSR count). The van der Waals surface area contributed by atoms with E-state index < -0.39 is 0 Å². The van der Waals surface area contributed by atoms with Gasteiger partial charge in [0.25, 0.3) is 0 Å². The third-order valence-electron chi connectivity index (χ3n) is 3.87. The van der Waals surface area contributed by atoms with Crippen molar-refractivity contribution < 1.29 is 4.74 Å². The number of fused-ring (bicyclic) bond motifs is 1. The Kier molecular flexibility index (Phi) is 4.81. The molecule has 0 spiro atoms. The lowest BCUT2D eigenvalue weighted by Crippen LogP contribution is -2.26. The number of thioether (sulfide) groups is 1. The second kappa shape index (κ2) is 6.78. The molecular formula is C16H23NOS. The highest BCUT2D eigenvalue weighted by Gasteiger charge is 2.21. The summed E-state index contributed by atoms with van der Waals surface area (Å²) in [5, 5.41) is 3.69. The molecule has 0 saturated heterocycles. The molecule has 1 aliphatic heterocycles. The zero-order chi connectivity index (χ0) is 12.9. The topological polar surface area (TPSA) is 21.3 Å². The molecule has 1 fully saturated rings. The van der Waals surface area contributed by atoms with Crippen molar-refractivity contribution in [2.75, 3.05) is 25.5 Å². The van der Waals surface area contributed by atoms with Crippen LogP contribution in [0.25, 0.3) is 0 Å². The lowest BCUT2D eigenvalue weighted by Gasteiger charge is -2.26. The van der Waals surface area contributed by atoms with E-state index in [-0.39, 0.29) is 0 Å². The van der Waals surface area contributed by atoms with Gasteiger partial charge in [-0.25, -0.2) is 0 Å². The van der Waals surface area contributed by atoms with Gasteiger partial charge in [0.2, 0.25) is 0 Å². The molecule has 1 aromatic carbocycles. The highest BCUT2D eigenvalue weighted by Crippen LogP contribution is 2.35. The summed E-state index contributed by atoms with van der Waals surface area (Å²) >= 11 is 1.99. The van der Waals surface area contributed by atoms with Gasteiger partial charge in [-0.1, -0.05) is 18.2 Å². The fourth-order valence-corrected chi connectivity index (χ4v) is 3.66. The van der Waals surface area contributed by atoms with E-state index in [4.69, 9.17) is 4.74 Å². The van der Waals surface area contributed by atoms with Crippen LogP contribution in [0.15, 0.2) is 29.2 Å². The van der Waals surface area contributed by atoms with Crippen LogP contribution in [0.3, 0.4) is 0 Å². The SMILES string of the molecule is c1ccc2c(c1)SCCC2NCCCOCC1CC1. The van der Waals surface area contributed by atoms with Crippen molar-refractivity contribution >= 4 is 11.8 Å². The Hall–Kier alpha value is -0.510. The smallest absolute Gasteiger partial charge is 0.0494 e. The van der Waals surface area contributed by atoms with Crippen molar-refractivity contribution in [1.82, 2.24) is 5.32 Å². The maximum atomic E-state index is 5.67. The highest BCUT2D eigenvalue weighted by molar-refractivity contribution is 7.99. The van der Waals surface area contributed by atoms with Crippen molar-refractivity contribution in [3.8, 4) is 0 Å². The van der Waals surface area contributed by atoms with Crippen molar-refractivity contribution in [2.45, 2.75) is 36.6 Å². The first-order valence-electron chi connectivity index (χ1n) is 7.46. The minimum Gasteiger partial charge on any atom is -0.381 e. The van der Waals surface area contributed by atoms with Crippen LogP contribution in [0.5, 0.6) is 0 Å². The summed E-state index contributed by atoms with van der Waals surface area (Å²) in [5.41, 5.74) is 1.48. The van der Waals surface area contributed by atoms with Gasteiger partial charge in [-0.15, -0.1) is 11.8 Å². The largest absolute Gasteiger partial charge is 0.381 e. The zero-order valence-corrected chi connectivity index (χ0v) is 12.3. The molecule has 1 heterocycles. The van der Waals surface area contributed by atoms with Crippen LogP contribution >= 0.6 is 11.8 Å². The lowest BCUT2D eigenvalue weighted by molar-refractivity contribution is 0.121. The molecular weight excluding hydrogens is 254 g/mol. The third kappa shape index (κ3) is 3.98. The van der Waals surface area contributed by atoms with Crippen LogP contribution in [-0.4, -0.2) is 25.5 Å². The fourth-order valence-electron chi connectivity index (χ4n) is 2.54. The summed E-state index contributed by atoms with van der Waals surface area (Å²) in [6.07, 6.45) is 5.13. The Labute approximate surface area is 120 Å². The molecule has 2 aliphatic rings. The summed E-state index contributed by atoms with van der Waals surface area (Å²) in [6, 6.07) is 9.34. The molecule has 1 N–H and O–H groups in total. The minimum absolute atomic E-state index is 0.542. The molecule has 0 radical (unpaired) electrons. The zero-order valence-electron chi connectivity index (χ0n) is 11.4. The van der Waals surface area contributed by atoms with Gasteiger partial charge in [-0.3, -0.25) is 0 Å². The summed E-state index contributed by atoms with van der Waals surface area (Å²) in [6.45, 7) is 2.96. The van der Waals surface area contributed by atoms with Crippen LogP contribution in [0.4, 0.5) is 0 Å². The Morgan fingerprint density at radius 1 is 1.21 bits per heavy atom. The normalized spacial score (nSPS) is 22.2. The van der Waals surface area contributed by atoms with Gasteiger partial charge >= 0.3 is 0 Å². The van der Waals surface area contributed by atoms with Crippen LogP contribution in [-0.2, 0) is 4.74 Å². The molecule has 1 atom stereocenters. The fraction of sp³-hybridized carbons (Fsp3) is 0.625. The number of ether oxygens (including phenoxy) is 1. The van der Waals surface area contributed by atoms with Crippen molar-refractivity contribution in [2.24, 2.45) is 5.92 Å². The maximum absolute atomic E-state index is 5.67. The van der Waals surface area contributed by atoms with E-state index in [9.17, 15) is 0 Å². The standard InChI is InChI=1S/C16H23NOS/c1-2-5-16-14(4-1)15(8-11-19-16)17-9-3-10-18-12-13-6-7-13/h1-2,4-5,13,15,17H,3,6-12H2. The van der Waals surface area contributed by atoms with Crippen LogP contribution in [0.2, 0.25) is 0 Å². The number of hydrogen-bond acceptors (Lipinski definition) is 3. The van der Waals surface area contributed by atoms with Gasteiger partial charge in [-0.05, 0) is 55.5 Å². The van der Waals surface area contributed by atoms with Gasteiger partial charge in [0.05, 0.1) is 0 Å². The minimum atomic E-state index is 0.542. The summed E-state index contributed by atoms with van der Waals surface area (Å²) < 4.78 is 5.67. The number of hydrogen-bond donors (Lipinski definition) is 1. The number of nitrogens with one attached hydrogen (secondary N) is 1. The first-order valence-corrected chi connectivity index (χ1v) is 8.45. The molecule has 104 valence electrons. The van der Waals surface area contributed by atoms with E-state index in [1.54, 1.807) is 0 Å². The predicted octanol–water partition coefficient (Wildman–Crippen LogP) is 3.63. The molecule has 1 saturated carbocycles. The Balaban J connectivity index is 1.38. The maximum Gasteiger partial charge on any atom is 0.0494 e. The van der Waals surface area contributed by atoms with E-state index in [1.807, 2.05) is 11.8 Å². The summed E-state index contributed by atoms with van der Waals surface area (Å²) in [7, 11) is 0. The second-order valence-corrected chi connectivity index (χ2v) is 6.69. The van der Waals surface area contributed by atoms with Gasteiger partial charge in [-0.2, -0.15) is 0 Å². The molecule has 0 amide bonds. The number of benzene rings is 1. The molecule has 3 heteroatoms. The average Bonchev–Trinajstić information content (AvgIpc) is 3.27. The van der Waals surface area contributed by atoms with E-state index in [0.717, 1.165) is 32.1 Å². The first-order chi connectivity index (χ1) is 9.43. The summed E-state index contributed by atoms with van der Waals surface area (Å²) in [5.74, 6) is 2.11. The van der Waals surface area contributed by atoms with Crippen LogP contribution < -0.4 is 5.32 Å². The molecule has 1 aromatic rings. The monoisotopic (exact) mass is 277 g/mol. The van der Waals surface area contributed by atoms with E-state index in [1.165, 1.54) is 35.5 Å². The molecule has 1 aliphatic carbocycles. The van der Waals surface area contributed by atoms with Crippen molar-refractivity contribution in [3.63, 3.8) is 0 Å². The molecule has 2 nitrogen and oxygen atoms in total. The molecule has 0 aromatic heterocycles. The number of rotatable bonds is 7. The molecule has 0 bridgehead atoms. The lowest BCUT2D eigenvalue weighted by atomic mass is 10.0. The van der Waals surface area contributed by atoms with Gasteiger partial charge in [0, 0.05) is 24.2 Å². The average molecular weight is 277 g/mol. The van der Waals surface area contributed by atoms with Crippen LogP contribution in [0.1, 0.15) is 37.3 Å². The second-order valence-electron chi connectivity index (χ2n) is 5.55. The highest BCUT2D eigenvalue weighted by atomic mass is 32.2. The van der Waals surface area contributed by atoms with Gasteiger partial charge in [0.1, 0.15) is 0 Å². The molecule has 1 unspecified atom stereocenters. The quantitative estimate of drug-likeness (QED) is 0.769. The van der Waals surface area contributed by atoms with Gasteiger partial charge < -0.3 is 10.1 Å². The van der Waals surface area contributed by atoms with Crippen LogP contribution in [0, 0.1) is 5.92 Å². The van der Waals surface area contributed by atoms with E-state index in [2.05, 4.69) is 29.6 Å². The predicted molar refractivity (Wildman–Crippen MR) is 80.7 cm³/mol.